The number of nitrogens with zero attached hydrogens (tertiary/aromatic N) is 3. The van der Waals surface area contributed by atoms with Crippen LogP contribution in [0.3, 0.4) is 0 Å². The zero-order valence-corrected chi connectivity index (χ0v) is 13.2. The summed E-state index contributed by atoms with van der Waals surface area (Å²) in [4.78, 5) is 9.28. The molecule has 1 aromatic heterocycles. The van der Waals surface area contributed by atoms with Crippen LogP contribution < -0.4 is 4.90 Å². The molecule has 0 bridgehead atoms. The van der Waals surface area contributed by atoms with E-state index in [0.29, 0.717) is 0 Å². The molecule has 1 aliphatic rings. The highest BCUT2D eigenvalue weighted by Gasteiger charge is 2.40. The van der Waals surface area contributed by atoms with Crippen LogP contribution in [0.4, 0.5) is 5.82 Å². The fourth-order valence-electron chi connectivity index (χ4n) is 2.96. The van der Waals surface area contributed by atoms with E-state index in [4.69, 9.17) is 4.98 Å². The standard InChI is InChI=1S/C16H27N3O/c1-5-14-9-13(11-20)10-15(17-14)19(4)12-16(18(2)3)7-6-8-16/h9-10,20H,5-8,11-12H2,1-4H3. The quantitative estimate of drug-likeness (QED) is 0.864. The Balaban J connectivity index is 2.18. The predicted octanol–water partition coefficient (Wildman–Crippen LogP) is 2.06. The summed E-state index contributed by atoms with van der Waals surface area (Å²) >= 11 is 0. The molecule has 0 atom stereocenters. The third kappa shape index (κ3) is 2.96. The second kappa shape index (κ2) is 6.10. The Morgan fingerprint density at radius 2 is 1.95 bits per heavy atom. The van der Waals surface area contributed by atoms with Crippen molar-refractivity contribution in [3.05, 3.63) is 23.4 Å². The molecule has 0 aromatic carbocycles. The normalized spacial score (nSPS) is 17.1. The fourth-order valence-corrected chi connectivity index (χ4v) is 2.96. The number of aryl methyl sites for hydroxylation is 1. The second-order valence-corrected chi connectivity index (χ2v) is 6.16. The van der Waals surface area contributed by atoms with Crippen molar-refractivity contribution in [1.29, 1.82) is 0 Å². The molecule has 1 heterocycles. The molecule has 0 radical (unpaired) electrons. The maximum absolute atomic E-state index is 9.39. The van der Waals surface area contributed by atoms with Crippen molar-refractivity contribution < 1.29 is 5.11 Å². The van der Waals surface area contributed by atoms with E-state index in [1.807, 2.05) is 12.1 Å². The SMILES string of the molecule is CCc1cc(CO)cc(N(C)CC2(N(C)C)CCC2)n1. The van der Waals surface area contributed by atoms with Gasteiger partial charge in [-0.2, -0.15) is 0 Å². The van der Waals surface area contributed by atoms with Crippen molar-refractivity contribution in [2.24, 2.45) is 0 Å². The highest BCUT2D eigenvalue weighted by Crippen LogP contribution is 2.37. The monoisotopic (exact) mass is 277 g/mol. The first kappa shape index (κ1) is 15.3. The second-order valence-electron chi connectivity index (χ2n) is 6.16. The van der Waals surface area contributed by atoms with E-state index in [9.17, 15) is 5.11 Å². The van der Waals surface area contributed by atoms with E-state index in [0.717, 1.165) is 30.0 Å². The van der Waals surface area contributed by atoms with Gasteiger partial charge in [0.2, 0.25) is 0 Å². The van der Waals surface area contributed by atoms with Crippen LogP contribution >= 0.6 is 0 Å². The van der Waals surface area contributed by atoms with Crippen LogP contribution in [0.1, 0.15) is 37.4 Å². The molecule has 1 saturated carbocycles. The highest BCUT2D eigenvalue weighted by molar-refractivity contribution is 5.42. The molecule has 1 aliphatic carbocycles. The molecule has 0 spiro atoms. The summed E-state index contributed by atoms with van der Waals surface area (Å²) in [6.07, 6.45) is 4.72. The minimum Gasteiger partial charge on any atom is -0.392 e. The maximum atomic E-state index is 9.39. The minimum absolute atomic E-state index is 0.0786. The van der Waals surface area contributed by atoms with E-state index in [2.05, 4.69) is 37.9 Å². The van der Waals surface area contributed by atoms with Crippen LogP contribution in [0, 0.1) is 0 Å². The van der Waals surface area contributed by atoms with Crippen LogP contribution in [0.5, 0.6) is 0 Å². The topological polar surface area (TPSA) is 39.6 Å². The number of likely N-dealkylation sites (N-methyl/N-ethyl adjacent to an activating group) is 2. The maximum Gasteiger partial charge on any atom is 0.128 e. The summed E-state index contributed by atoms with van der Waals surface area (Å²) in [5.41, 5.74) is 2.29. The first-order valence-electron chi connectivity index (χ1n) is 7.50. The van der Waals surface area contributed by atoms with Crippen molar-refractivity contribution in [3.63, 3.8) is 0 Å². The Bertz CT molecular complexity index is 433. The van der Waals surface area contributed by atoms with Gasteiger partial charge in [0.1, 0.15) is 5.82 Å². The Kier molecular flexibility index (Phi) is 4.66. The third-order valence-corrected chi connectivity index (χ3v) is 4.63. The van der Waals surface area contributed by atoms with Gasteiger partial charge in [0.15, 0.2) is 0 Å². The summed E-state index contributed by atoms with van der Waals surface area (Å²) in [7, 11) is 6.44. The molecule has 1 fully saturated rings. The molecule has 0 amide bonds. The molecule has 4 nitrogen and oxygen atoms in total. The van der Waals surface area contributed by atoms with Gasteiger partial charge in [0, 0.05) is 24.8 Å². The fraction of sp³-hybridized carbons (Fsp3) is 0.688. The van der Waals surface area contributed by atoms with E-state index >= 15 is 0 Å². The zero-order chi connectivity index (χ0) is 14.8. The summed E-state index contributed by atoms with van der Waals surface area (Å²) < 4.78 is 0. The van der Waals surface area contributed by atoms with Crippen LogP contribution in [0.2, 0.25) is 0 Å². The van der Waals surface area contributed by atoms with Crippen LogP contribution in [0.15, 0.2) is 12.1 Å². The van der Waals surface area contributed by atoms with Crippen molar-refractivity contribution in [3.8, 4) is 0 Å². The predicted molar refractivity (Wildman–Crippen MR) is 83.1 cm³/mol. The van der Waals surface area contributed by atoms with E-state index in [-0.39, 0.29) is 12.1 Å². The van der Waals surface area contributed by atoms with Gasteiger partial charge in [-0.05, 0) is 57.5 Å². The number of hydrogen-bond donors (Lipinski definition) is 1. The Hall–Kier alpha value is -1.13. The Morgan fingerprint density at radius 3 is 2.40 bits per heavy atom. The minimum atomic E-state index is 0.0786. The lowest BCUT2D eigenvalue weighted by Gasteiger charge is -2.49. The third-order valence-electron chi connectivity index (χ3n) is 4.63. The smallest absolute Gasteiger partial charge is 0.128 e. The number of hydrogen-bond acceptors (Lipinski definition) is 4. The number of pyridine rings is 1. The van der Waals surface area contributed by atoms with Gasteiger partial charge >= 0.3 is 0 Å². The van der Waals surface area contributed by atoms with E-state index < -0.39 is 0 Å². The van der Waals surface area contributed by atoms with Crippen molar-refractivity contribution in [1.82, 2.24) is 9.88 Å². The summed E-state index contributed by atoms with van der Waals surface area (Å²) in [5, 5.41) is 9.39. The van der Waals surface area contributed by atoms with E-state index in [1.54, 1.807) is 0 Å². The largest absolute Gasteiger partial charge is 0.392 e. The van der Waals surface area contributed by atoms with E-state index in [1.165, 1.54) is 19.3 Å². The van der Waals surface area contributed by atoms with Crippen LogP contribution in [-0.4, -0.2) is 48.2 Å². The molecule has 0 saturated heterocycles. The average Bonchev–Trinajstić information content (AvgIpc) is 2.41. The number of aliphatic hydroxyl groups excluding tert-OH is 1. The molecule has 112 valence electrons. The van der Waals surface area contributed by atoms with Gasteiger partial charge in [-0.15, -0.1) is 0 Å². The number of aromatic nitrogens is 1. The molecule has 4 heteroatoms. The first-order chi connectivity index (χ1) is 9.50. The molecule has 2 rings (SSSR count). The van der Waals surface area contributed by atoms with Gasteiger partial charge in [-0.3, -0.25) is 0 Å². The van der Waals surface area contributed by atoms with Gasteiger partial charge in [-0.1, -0.05) is 6.92 Å². The molecule has 1 aromatic rings. The van der Waals surface area contributed by atoms with Crippen molar-refractivity contribution in [2.75, 3.05) is 32.6 Å². The van der Waals surface area contributed by atoms with Crippen molar-refractivity contribution >= 4 is 5.82 Å². The number of aliphatic hydroxyl groups is 1. The lowest BCUT2D eigenvalue weighted by molar-refractivity contribution is 0.0681. The zero-order valence-electron chi connectivity index (χ0n) is 13.2. The van der Waals surface area contributed by atoms with Gasteiger partial charge in [-0.25, -0.2) is 4.98 Å². The molecular weight excluding hydrogens is 250 g/mol. The molecule has 1 N–H and O–H groups in total. The highest BCUT2D eigenvalue weighted by atomic mass is 16.3. The van der Waals surface area contributed by atoms with Crippen molar-refractivity contribution in [2.45, 2.75) is 44.8 Å². The molecule has 20 heavy (non-hydrogen) atoms. The summed E-state index contributed by atoms with van der Waals surface area (Å²) in [6, 6.07) is 3.99. The van der Waals surface area contributed by atoms with Crippen LogP contribution in [-0.2, 0) is 13.0 Å². The number of rotatable bonds is 6. The van der Waals surface area contributed by atoms with Crippen LogP contribution in [0.25, 0.3) is 0 Å². The first-order valence-corrected chi connectivity index (χ1v) is 7.50. The summed E-state index contributed by atoms with van der Waals surface area (Å²) in [6.45, 7) is 3.17. The van der Waals surface area contributed by atoms with Gasteiger partial charge < -0.3 is 14.9 Å². The Morgan fingerprint density at radius 1 is 1.25 bits per heavy atom. The van der Waals surface area contributed by atoms with Gasteiger partial charge in [0.25, 0.3) is 0 Å². The average molecular weight is 277 g/mol. The van der Waals surface area contributed by atoms with Gasteiger partial charge in [0.05, 0.1) is 6.61 Å². The molecular formula is C16H27N3O. The Labute approximate surface area is 122 Å². The molecule has 0 unspecified atom stereocenters. The number of anilines is 1. The lowest BCUT2D eigenvalue weighted by atomic mass is 9.75. The molecule has 0 aliphatic heterocycles. The summed E-state index contributed by atoms with van der Waals surface area (Å²) in [5.74, 6) is 0.974. The lowest BCUT2D eigenvalue weighted by Crippen LogP contribution is -2.56.